The highest BCUT2D eigenvalue weighted by Gasteiger charge is 2.29. The van der Waals surface area contributed by atoms with Gasteiger partial charge in [-0.15, -0.1) is 0 Å². The third-order valence-corrected chi connectivity index (χ3v) is 4.54. The number of nitrogens with zero attached hydrogens (tertiary/aromatic N) is 3. The molecule has 0 bridgehead atoms. The zero-order valence-electron chi connectivity index (χ0n) is 12.3. The summed E-state index contributed by atoms with van der Waals surface area (Å²) in [6.45, 7) is 3.78. The zero-order chi connectivity index (χ0) is 15.0. The zero-order valence-corrected chi connectivity index (χ0v) is 12.3. The van der Waals surface area contributed by atoms with E-state index in [4.69, 9.17) is 0 Å². The van der Waals surface area contributed by atoms with Crippen LogP contribution >= 0.6 is 0 Å². The first-order chi connectivity index (χ1) is 10.1. The molecular weight excluding hydrogens is 276 g/mol. The molecule has 1 atom stereocenters. The van der Waals surface area contributed by atoms with Gasteiger partial charge in [0, 0.05) is 24.3 Å². The van der Waals surface area contributed by atoms with Crippen molar-refractivity contribution in [2.45, 2.75) is 52.0 Å². The first-order valence-corrected chi connectivity index (χ1v) is 7.70. The van der Waals surface area contributed by atoms with Crippen LogP contribution in [0.3, 0.4) is 0 Å². The molecule has 0 radical (unpaired) electrons. The maximum Gasteiger partial charge on any atom is 0.282 e. The average molecular weight is 297 g/mol. The lowest BCUT2D eigenvalue weighted by Gasteiger charge is -2.31. The standard InChI is InChI=1S/C15H21F2N3O/c1-10-4-3-7-19(8-10)13(21)9-20-12-6-2-5-11(12)14(18-20)15(16)17/h10,15H,2-9H2,1H3/t10-/m0/s1. The van der Waals surface area contributed by atoms with Crippen molar-refractivity contribution < 1.29 is 13.6 Å². The van der Waals surface area contributed by atoms with Gasteiger partial charge in [0.1, 0.15) is 12.2 Å². The number of aromatic nitrogens is 2. The van der Waals surface area contributed by atoms with Crippen molar-refractivity contribution >= 4 is 5.91 Å². The van der Waals surface area contributed by atoms with Crippen LogP contribution in [0.1, 0.15) is 49.6 Å². The second kappa shape index (κ2) is 5.73. The lowest BCUT2D eigenvalue weighted by Crippen LogP contribution is -2.41. The molecular formula is C15H21F2N3O. The molecule has 0 aromatic carbocycles. The van der Waals surface area contributed by atoms with Crippen LogP contribution in [-0.2, 0) is 24.2 Å². The molecule has 0 spiro atoms. The number of alkyl halides is 2. The molecule has 1 aliphatic heterocycles. The Morgan fingerprint density at radius 3 is 2.90 bits per heavy atom. The Morgan fingerprint density at radius 2 is 2.19 bits per heavy atom. The van der Waals surface area contributed by atoms with E-state index >= 15 is 0 Å². The van der Waals surface area contributed by atoms with Gasteiger partial charge in [-0.05, 0) is 38.0 Å². The molecule has 4 nitrogen and oxygen atoms in total. The lowest BCUT2D eigenvalue weighted by atomic mass is 10.0. The first kappa shape index (κ1) is 14.5. The van der Waals surface area contributed by atoms with Crippen LogP contribution in [0.5, 0.6) is 0 Å². The molecule has 0 unspecified atom stereocenters. The highest BCUT2D eigenvalue weighted by atomic mass is 19.3. The summed E-state index contributed by atoms with van der Waals surface area (Å²) in [4.78, 5) is 14.2. The Morgan fingerprint density at radius 1 is 1.38 bits per heavy atom. The summed E-state index contributed by atoms with van der Waals surface area (Å²) < 4.78 is 27.5. The highest BCUT2D eigenvalue weighted by Crippen LogP contribution is 2.31. The fourth-order valence-electron chi connectivity index (χ4n) is 3.49. The maximum absolute atomic E-state index is 13.0. The molecule has 1 amide bonds. The van der Waals surface area contributed by atoms with Gasteiger partial charge in [0.15, 0.2) is 0 Å². The third kappa shape index (κ3) is 2.80. The van der Waals surface area contributed by atoms with Gasteiger partial charge in [-0.2, -0.15) is 5.10 Å². The van der Waals surface area contributed by atoms with E-state index in [1.807, 2.05) is 4.90 Å². The van der Waals surface area contributed by atoms with Crippen LogP contribution in [0.25, 0.3) is 0 Å². The summed E-state index contributed by atoms with van der Waals surface area (Å²) in [6, 6.07) is 0. The SMILES string of the molecule is C[C@H]1CCCN(C(=O)Cn2nc(C(F)F)c3c2CCC3)C1. The molecule has 1 aliphatic carbocycles. The van der Waals surface area contributed by atoms with E-state index in [-0.39, 0.29) is 18.1 Å². The number of carbonyl (C=O) groups is 1. The van der Waals surface area contributed by atoms with Gasteiger partial charge < -0.3 is 4.90 Å². The van der Waals surface area contributed by atoms with Crippen LogP contribution in [-0.4, -0.2) is 33.7 Å². The minimum Gasteiger partial charge on any atom is -0.341 e. The van der Waals surface area contributed by atoms with Crippen molar-refractivity contribution in [2.75, 3.05) is 13.1 Å². The van der Waals surface area contributed by atoms with E-state index in [0.29, 0.717) is 17.9 Å². The molecule has 0 saturated carbocycles. The molecule has 1 aromatic rings. The van der Waals surface area contributed by atoms with Crippen LogP contribution in [0, 0.1) is 5.92 Å². The molecule has 6 heteroatoms. The van der Waals surface area contributed by atoms with E-state index < -0.39 is 6.43 Å². The van der Waals surface area contributed by atoms with Crippen LogP contribution in [0.15, 0.2) is 0 Å². The Balaban J connectivity index is 1.76. The fraction of sp³-hybridized carbons (Fsp3) is 0.733. The molecule has 2 aliphatic rings. The van der Waals surface area contributed by atoms with Gasteiger partial charge in [0.2, 0.25) is 5.91 Å². The molecule has 1 saturated heterocycles. The minimum atomic E-state index is -2.55. The predicted molar refractivity (Wildman–Crippen MR) is 74.2 cm³/mol. The summed E-state index contributed by atoms with van der Waals surface area (Å²) in [5.41, 5.74) is 1.39. The number of amides is 1. The van der Waals surface area contributed by atoms with Gasteiger partial charge in [0.05, 0.1) is 0 Å². The summed E-state index contributed by atoms with van der Waals surface area (Å²) in [7, 11) is 0. The minimum absolute atomic E-state index is 0.000402. The first-order valence-electron chi connectivity index (χ1n) is 7.70. The van der Waals surface area contributed by atoms with E-state index in [1.54, 1.807) is 0 Å². The normalized spacial score (nSPS) is 21.9. The largest absolute Gasteiger partial charge is 0.341 e. The summed E-state index contributed by atoms with van der Waals surface area (Å²) >= 11 is 0. The molecule has 21 heavy (non-hydrogen) atoms. The van der Waals surface area contributed by atoms with Crippen molar-refractivity contribution in [3.05, 3.63) is 17.0 Å². The smallest absolute Gasteiger partial charge is 0.282 e. The van der Waals surface area contributed by atoms with E-state index in [2.05, 4.69) is 12.0 Å². The number of likely N-dealkylation sites (tertiary alicyclic amines) is 1. The van der Waals surface area contributed by atoms with Crippen LogP contribution in [0.4, 0.5) is 8.78 Å². The Bertz CT molecular complexity index is 541. The summed E-state index contributed by atoms with van der Waals surface area (Å²) in [5.74, 6) is 0.516. The fourth-order valence-corrected chi connectivity index (χ4v) is 3.49. The van der Waals surface area contributed by atoms with Crippen LogP contribution in [0.2, 0.25) is 0 Å². The maximum atomic E-state index is 13.0. The lowest BCUT2D eigenvalue weighted by molar-refractivity contribution is -0.133. The Hall–Kier alpha value is -1.46. The molecule has 3 rings (SSSR count). The van der Waals surface area contributed by atoms with E-state index in [1.165, 1.54) is 4.68 Å². The molecule has 1 aromatic heterocycles. The summed E-state index contributed by atoms with van der Waals surface area (Å²) in [6.07, 6.45) is 1.90. The van der Waals surface area contributed by atoms with Crippen molar-refractivity contribution in [1.82, 2.24) is 14.7 Å². The van der Waals surface area contributed by atoms with Gasteiger partial charge in [-0.25, -0.2) is 8.78 Å². The van der Waals surface area contributed by atoms with Crippen LogP contribution < -0.4 is 0 Å². The molecule has 0 N–H and O–H groups in total. The summed E-state index contributed by atoms with van der Waals surface area (Å²) in [5, 5.41) is 4.00. The molecule has 1 fully saturated rings. The monoisotopic (exact) mass is 297 g/mol. The molecule has 2 heterocycles. The number of piperidine rings is 1. The number of fused-ring (bicyclic) bond motifs is 1. The van der Waals surface area contributed by atoms with Crippen molar-refractivity contribution in [3.63, 3.8) is 0 Å². The second-order valence-corrected chi connectivity index (χ2v) is 6.21. The number of halogens is 2. The van der Waals surface area contributed by atoms with E-state index in [0.717, 1.165) is 44.5 Å². The van der Waals surface area contributed by atoms with Gasteiger partial charge in [0.25, 0.3) is 6.43 Å². The quantitative estimate of drug-likeness (QED) is 0.860. The van der Waals surface area contributed by atoms with Crippen molar-refractivity contribution in [2.24, 2.45) is 5.92 Å². The van der Waals surface area contributed by atoms with E-state index in [9.17, 15) is 13.6 Å². The second-order valence-electron chi connectivity index (χ2n) is 6.21. The van der Waals surface area contributed by atoms with Gasteiger partial charge in [-0.1, -0.05) is 6.92 Å². The Kier molecular flexibility index (Phi) is 3.95. The number of hydrogen-bond donors (Lipinski definition) is 0. The number of rotatable bonds is 3. The van der Waals surface area contributed by atoms with Gasteiger partial charge in [-0.3, -0.25) is 9.48 Å². The number of carbonyl (C=O) groups excluding carboxylic acids is 1. The Labute approximate surface area is 123 Å². The number of hydrogen-bond acceptors (Lipinski definition) is 2. The molecule has 116 valence electrons. The predicted octanol–water partition coefficient (Wildman–Crippen LogP) is 2.57. The van der Waals surface area contributed by atoms with Gasteiger partial charge >= 0.3 is 0 Å². The van der Waals surface area contributed by atoms with Crippen molar-refractivity contribution in [1.29, 1.82) is 0 Å². The van der Waals surface area contributed by atoms with Crippen molar-refractivity contribution in [3.8, 4) is 0 Å². The third-order valence-electron chi connectivity index (χ3n) is 4.54. The highest BCUT2D eigenvalue weighted by molar-refractivity contribution is 5.76. The average Bonchev–Trinajstić information content (AvgIpc) is 3.02. The topological polar surface area (TPSA) is 38.1 Å².